The van der Waals surface area contributed by atoms with Gasteiger partial charge in [0.2, 0.25) is 5.89 Å². The summed E-state index contributed by atoms with van der Waals surface area (Å²) in [5.41, 5.74) is -0.377. The average molecular weight is 379 g/mol. The summed E-state index contributed by atoms with van der Waals surface area (Å²) >= 11 is 5.82. The number of hydrogen-bond donors (Lipinski definition) is 1. The van der Waals surface area contributed by atoms with Gasteiger partial charge in [0.05, 0.1) is 0 Å². The Hall–Kier alpha value is -2.94. The zero-order valence-corrected chi connectivity index (χ0v) is 14.7. The summed E-state index contributed by atoms with van der Waals surface area (Å²) in [6, 6.07) is 6.15. The molecule has 26 heavy (non-hydrogen) atoms. The van der Waals surface area contributed by atoms with Crippen molar-refractivity contribution < 1.29 is 23.5 Å². The molecule has 1 aromatic heterocycles. The van der Waals surface area contributed by atoms with Gasteiger partial charge in [-0.05, 0) is 38.1 Å². The molecule has 0 unspecified atom stereocenters. The Morgan fingerprint density at radius 2 is 1.96 bits per heavy atom. The second-order valence-corrected chi connectivity index (χ2v) is 6.55. The molecule has 2 heterocycles. The van der Waals surface area contributed by atoms with Gasteiger partial charge in [-0.3, -0.25) is 14.5 Å². The maximum absolute atomic E-state index is 12.0. The van der Waals surface area contributed by atoms with Gasteiger partial charge in [-0.25, -0.2) is 4.79 Å². The highest BCUT2D eigenvalue weighted by atomic mass is 35.5. The Morgan fingerprint density at radius 3 is 2.58 bits per heavy atom. The van der Waals surface area contributed by atoms with Crippen molar-refractivity contribution >= 4 is 29.5 Å². The summed E-state index contributed by atoms with van der Waals surface area (Å²) in [6.45, 7) is 2.34. The smallest absolute Gasteiger partial charge is 0.326 e. The molecular weight excluding hydrogens is 364 g/mol. The van der Waals surface area contributed by atoms with Gasteiger partial charge in [-0.2, -0.15) is 0 Å². The fourth-order valence-electron chi connectivity index (χ4n) is 2.30. The fraction of sp³-hybridized carbons (Fsp3) is 0.312. The zero-order chi connectivity index (χ0) is 18.9. The van der Waals surface area contributed by atoms with Gasteiger partial charge in [-0.15, -0.1) is 10.2 Å². The normalized spacial score (nSPS) is 15.9. The van der Waals surface area contributed by atoms with E-state index in [-0.39, 0.29) is 18.4 Å². The summed E-state index contributed by atoms with van der Waals surface area (Å²) in [5.74, 6) is -0.927. The first kappa shape index (κ1) is 17.9. The number of carbonyl (C=O) groups excluding carboxylic acids is 3. The Bertz CT molecular complexity index is 862. The van der Waals surface area contributed by atoms with Crippen LogP contribution < -0.4 is 5.32 Å². The first-order chi connectivity index (χ1) is 12.3. The molecule has 0 aliphatic carbocycles. The number of halogens is 1. The van der Waals surface area contributed by atoms with Gasteiger partial charge in [0.15, 0.2) is 6.61 Å². The number of nitrogens with zero attached hydrogens (tertiary/aromatic N) is 3. The highest BCUT2D eigenvalue weighted by Gasteiger charge is 2.45. The van der Waals surface area contributed by atoms with Gasteiger partial charge < -0.3 is 14.5 Å². The lowest BCUT2D eigenvalue weighted by atomic mass is 10.1. The van der Waals surface area contributed by atoms with E-state index in [1.807, 2.05) is 0 Å². The third-order valence-corrected chi connectivity index (χ3v) is 3.90. The lowest BCUT2D eigenvalue weighted by molar-refractivity contribution is -0.149. The molecule has 1 saturated heterocycles. The van der Waals surface area contributed by atoms with Crippen molar-refractivity contribution in [3.05, 3.63) is 35.2 Å². The molecule has 3 amide bonds. The maximum atomic E-state index is 12.0. The van der Waals surface area contributed by atoms with Gasteiger partial charge in [0.25, 0.3) is 11.8 Å². The highest BCUT2D eigenvalue weighted by molar-refractivity contribution is 6.30. The topological polar surface area (TPSA) is 115 Å². The molecule has 9 nitrogen and oxygen atoms in total. The SMILES string of the molecule is CC1(C)NC(=O)N(CC(=O)OCc2nnc(-c3ccc(Cl)cc3)o2)C1=O. The van der Waals surface area contributed by atoms with Crippen molar-refractivity contribution in [2.75, 3.05) is 6.54 Å². The molecule has 0 saturated carbocycles. The summed E-state index contributed by atoms with van der Waals surface area (Å²) in [7, 11) is 0. The zero-order valence-electron chi connectivity index (χ0n) is 14.0. The van der Waals surface area contributed by atoms with Crippen LogP contribution in [0.25, 0.3) is 11.5 Å². The predicted octanol–water partition coefficient (Wildman–Crippen LogP) is 1.76. The van der Waals surface area contributed by atoms with Crippen LogP contribution in [0.3, 0.4) is 0 Å². The Labute approximate surface area is 153 Å². The maximum Gasteiger partial charge on any atom is 0.326 e. The third-order valence-electron chi connectivity index (χ3n) is 3.65. The lowest BCUT2D eigenvalue weighted by Gasteiger charge is -2.15. The summed E-state index contributed by atoms with van der Waals surface area (Å²) in [4.78, 5) is 36.4. The number of urea groups is 1. The number of amides is 3. The molecule has 2 aromatic rings. The number of rotatable bonds is 5. The van der Waals surface area contributed by atoms with Crippen molar-refractivity contribution in [1.82, 2.24) is 20.4 Å². The molecular formula is C16H15ClN4O5. The molecule has 1 aliphatic heterocycles. The standard InChI is InChI=1S/C16H15ClN4O5/c1-16(2)14(23)21(15(24)18-16)7-12(22)25-8-11-19-20-13(26-11)9-3-5-10(17)6-4-9/h3-6H,7-8H2,1-2H3,(H,18,24). The molecule has 3 rings (SSSR count). The number of esters is 1. The first-order valence-electron chi connectivity index (χ1n) is 7.64. The number of imide groups is 1. The van der Waals surface area contributed by atoms with Gasteiger partial charge in [0.1, 0.15) is 12.1 Å². The quantitative estimate of drug-likeness (QED) is 0.622. The minimum atomic E-state index is -1.04. The fourth-order valence-corrected chi connectivity index (χ4v) is 2.43. The van der Waals surface area contributed by atoms with E-state index >= 15 is 0 Å². The number of aromatic nitrogens is 2. The summed E-state index contributed by atoms with van der Waals surface area (Å²) in [6.07, 6.45) is 0. The van der Waals surface area contributed by atoms with E-state index in [9.17, 15) is 14.4 Å². The molecule has 1 fully saturated rings. The molecule has 10 heteroatoms. The van der Waals surface area contributed by atoms with E-state index < -0.39 is 30.0 Å². The van der Waals surface area contributed by atoms with Crippen molar-refractivity contribution in [3.63, 3.8) is 0 Å². The minimum absolute atomic E-state index is 0.0841. The van der Waals surface area contributed by atoms with Crippen LogP contribution in [0.1, 0.15) is 19.7 Å². The molecule has 1 aromatic carbocycles. The van der Waals surface area contributed by atoms with Crippen molar-refractivity contribution in [2.45, 2.75) is 26.0 Å². The lowest BCUT2D eigenvalue weighted by Crippen LogP contribution is -2.41. The van der Waals surface area contributed by atoms with Crippen molar-refractivity contribution in [2.24, 2.45) is 0 Å². The highest BCUT2D eigenvalue weighted by Crippen LogP contribution is 2.20. The van der Waals surface area contributed by atoms with E-state index in [0.717, 1.165) is 4.90 Å². The van der Waals surface area contributed by atoms with Gasteiger partial charge in [0, 0.05) is 10.6 Å². The molecule has 136 valence electrons. The Morgan fingerprint density at radius 1 is 1.27 bits per heavy atom. The van der Waals surface area contributed by atoms with Crippen molar-refractivity contribution in [3.8, 4) is 11.5 Å². The Kier molecular flexibility index (Phi) is 4.64. The van der Waals surface area contributed by atoms with Crippen LogP contribution in [0.15, 0.2) is 28.7 Å². The number of benzene rings is 1. The molecule has 1 N–H and O–H groups in total. The van der Waals surface area contributed by atoms with E-state index in [2.05, 4.69) is 15.5 Å². The molecule has 0 spiro atoms. The first-order valence-corrected chi connectivity index (χ1v) is 8.02. The van der Waals surface area contributed by atoms with Crippen LogP contribution in [-0.4, -0.2) is 45.1 Å². The van der Waals surface area contributed by atoms with E-state index in [0.29, 0.717) is 10.6 Å². The van der Waals surface area contributed by atoms with Crippen LogP contribution in [0.4, 0.5) is 4.79 Å². The summed E-state index contributed by atoms with van der Waals surface area (Å²) in [5, 5.41) is 10.7. The number of carbonyl (C=O) groups is 3. The van der Waals surface area contributed by atoms with Gasteiger partial charge >= 0.3 is 12.0 Å². The van der Waals surface area contributed by atoms with E-state index in [1.54, 1.807) is 38.1 Å². The molecule has 1 aliphatic rings. The monoisotopic (exact) mass is 378 g/mol. The Balaban J connectivity index is 1.56. The van der Waals surface area contributed by atoms with Crippen LogP contribution in [0.5, 0.6) is 0 Å². The van der Waals surface area contributed by atoms with Crippen LogP contribution in [0, 0.1) is 0 Å². The molecule has 0 bridgehead atoms. The average Bonchev–Trinajstić information content (AvgIpc) is 3.12. The number of ether oxygens (including phenoxy) is 1. The largest absolute Gasteiger partial charge is 0.454 e. The van der Waals surface area contributed by atoms with Crippen LogP contribution in [0.2, 0.25) is 5.02 Å². The van der Waals surface area contributed by atoms with Gasteiger partial charge in [-0.1, -0.05) is 11.6 Å². The number of nitrogens with one attached hydrogen (secondary N) is 1. The van der Waals surface area contributed by atoms with Crippen molar-refractivity contribution in [1.29, 1.82) is 0 Å². The third kappa shape index (κ3) is 3.67. The molecule has 0 atom stereocenters. The predicted molar refractivity (Wildman–Crippen MR) is 88.9 cm³/mol. The molecule has 0 radical (unpaired) electrons. The van der Waals surface area contributed by atoms with E-state index in [4.69, 9.17) is 20.8 Å². The second kappa shape index (κ2) is 6.75. The minimum Gasteiger partial charge on any atom is -0.454 e. The second-order valence-electron chi connectivity index (χ2n) is 6.11. The van der Waals surface area contributed by atoms with Crippen LogP contribution in [-0.2, 0) is 20.9 Å². The van der Waals surface area contributed by atoms with E-state index in [1.165, 1.54) is 0 Å². The number of hydrogen-bond acceptors (Lipinski definition) is 7. The summed E-state index contributed by atoms with van der Waals surface area (Å²) < 4.78 is 10.4. The van der Waals surface area contributed by atoms with Crippen LogP contribution >= 0.6 is 11.6 Å².